The summed E-state index contributed by atoms with van der Waals surface area (Å²) in [6, 6.07) is 4.97. The van der Waals surface area contributed by atoms with Crippen LogP contribution in [-0.2, 0) is 6.54 Å². The summed E-state index contributed by atoms with van der Waals surface area (Å²) in [4.78, 5) is 12.2. The number of furan rings is 1. The van der Waals surface area contributed by atoms with Crippen molar-refractivity contribution in [1.29, 1.82) is 0 Å². The maximum Gasteiger partial charge on any atom is 0.253 e. The highest BCUT2D eigenvalue weighted by Crippen LogP contribution is 2.30. The van der Waals surface area contributed by atoms with Crippen LogP contribution in [0, 0.1) is 0 Å². The van der Waals surface area contributed by atoms with Crippen molar-refractivity contribution >= 4 is 11.6 Å². The Labute approximate surface area is 116 Å². The summed E-state index contributed by atoms with van der Waals surface area (Å²) < 4.78 is 15.2. The molecular weight excluding hydrogens is 260 g/mol. The van der Waals surface area contributed by atoms with Gasteiger partial charge in [0.05, 0.1) is 38.0 Å². The smallest absolute Gasteiger partial charge is 0.253 e. The predicted octanol–water partition coefficient (Wildman–Crippen LogP) is 1.81. The molecule has 2 aromatic rings. The number of nitrogens with one attached hydrogen (secondary N) is 1. The topological polar surface area (TPSA) is 86.7 Å². The number of carbonyl (C=O) groups is 1. The number of nitrogen functional groups attached to an aromatic ring is 1. The number of hydrogen-bond acceptors (Lipinski definition) is 5. The molecule has 0 aliphatic carbocycles. The van der Waals surface area contributed by atoms with E-state index >= 15 is 0 Å². The number of nitrogens with two attached hydrogens (primary N) is 1. The SMILES string of the molecule is COc1cc(OC)c(N)c(C(=O)NCc2ccoc2)c1. The molecule has 1 aromatic heterocycles. The van der Waals surface area contributed by atoms with Crippen molar-refractivity contribution < 1.29 is 18.7 Å². The van der Waals surface area contributed by atoms with Crippen LogP contribution < -0.4 is 20.5 Å². The molecule has 1 heterocycles. The third-order valence-corrected chi connectivity index (χ3v) is 2.85. The van der Waals surface area contributed by atoms with Gasteiger partial charge in [0.15, 0.2) is 0 Å². The van der Waals surface area contributed by atoms with Crippen molar-refractivity contribution in [3.63, 3.8) is 0 Å². The lowest BCUT2D eigenvalue weighted by molar-refractivity contribution is 0.0951. The highest BCUT2D eigenvalue weighted by molar-refractivity contribution is 6.00. The van der Waals surface area contributed by atoms with Crippen LogP contribution in [0.3, 0.4) is 0 Å². The second-order valence-corrected chi connectivity index (χ2v) is 4.11. The molecule has 20 heavy (non-hydrogen) atoms. The molecule has 0 bridgehead atoms. The third kappa shape index (κ3) is 2.85. The van der Waals surface area contributed by atoms with Gasteiger partial charge in [0.2, 0.25) is 0 Å². The Morgan fingerprint density at radius 2 is 2.15 bits per heavy atom. The van der Waals surface area contributed by atoms with Gasteiger partial charge in [-0.3, -0.25) is 4.79 Å². The van der Waals surface area contributed by atoms with E-state index in [2.05, 4.69) is 5.32 Å². The van der Waals surface area contributed by atoms with Crippen molar-refractivity contribution in [2.45, 2.75) is 6.54 Å². The number of rotatable bonds is 5. The highest BCUT2D eigenvalue weighted by Gasteiger charge is 2.15. The Bertz CT molecular complexity index is 593. The van der Waals surface area contributed by atoms with Gasteiger partial charge < -0.3 is 24.9 Å². The Morgan fingerprint density at radius 3 is 2.75 bits per heavy atom. The Hall–Kier alpha value is -2.63. The molecule has 0 radical (unpaired) electrons. The molecule has 0 unspecified atom stereocenters. The number of methoxy groups -OCH3 is 2. The van der Waals surface area contributed by atoms with Crippen molar-refractivity contribution in [3.05, 3.63) is 41.9 Å². The van der Waals surface area contributed by atoms with E-state index in [0.29, 0.717) is 23.6 Å². The zero-order valence-electron chi connectivity index (χ0n) is 11.3. The first kappa shape index (κ1) is 13.8. The van der Waals surface area contributed by atoms with Gasteiger partial charge in [0, 0.05) is 18.2 Å². The number of benzene rings is 1. The van der Waals surface area contributed by atoms with Gasteiger partial charge >= 0.3 is 0 Å². The van der Waals surface area contributed by atoms with Crippen LogP contribution in [0.5, 0.6) is 11.5 Å². The zero-order chi connectivity index (χ0) is 14.5. The van der Waals surface area contributed by atoms with E-state index in [-0.39, 0.29) is 11.6 Å². The standard InChI is InChI=1S/C14H16N2O4/c1-18-10-5-11(13(15)12(6-10)19-2)14(17)16-7-9-3-4-20-8-9/h3-6,8H,7,15H2,1-2H3,(H,16,17). The van der Waals surface area contributed by atoms with Gasteiger partial charge in [-0.25, -0.2) is 0 Å². The van der Waals surface area contributed by atoms with Crippen LogP contribution in [0.2, 0.25) is 0 Å². The van der Waals surface area contributed by atoms with Crippen molar-refractivity contribution in [1.82, 2.24) is 5.32 Å². The fourth-order valence-corrected chi connectivity index (χ4v) is 1.75. The molecule has 6 nitrogen and oxygen atoms in total. The van der Waals surface area contributed by atoms with E-state index in [9.17, 15) is 4.79 Å². The van der Waals surface area contributed by atoms with Crippen molar-refractivity contribution in [3.8, 4) is 11.5 Å². The molecule has 0 aliphatic rings. The van der Waals surface area contributed by atoms with Crippen molar-refractivity contribution in [2.24, 2.45) is 0 Å². The molecule has 0 fully saturated rings. The normalized spacial score (nSPS) is 10.1. The van der Waals surface area contributed by atoms with Crippen LogP contribution in [0.15, 0.2) is 35.1 Å². The van der Waals surface area contributed by atoms with E-state index in [1.54, 1.807) is 30.7 Å². The van der Waals surface area contributed by atoms with Crippen LogP contribution in [0.4, 0.5) is 5.69 Å². The lowest BCUT2D eigenvalue weighted by Crippen LogP contribution is -2.23. The summed E-state index contributed by atoms with van der Waals surface area (Å²) in [5.74, 6) is 0.600. The number of anilines is 1. The van der Waals surface area contributed by atoms with E-state index in [4.69, 9.17) is 19.6 Å². The van der Waals surface area contributed by atoms with Crippen LogP contribution in [0.25, 0.3) is 0 Å². The first-order valence-electron chi connectivity index (χ1n) is 5.96. The lowest BCUT2D eigenvalue weighted by atomic mass is 10.1. The second kappa shape index (κ2) is 6.01. The maximum absolute atomic E-state index is 12.2. The minimum atomic E-state index is -0.305. The van der Waals surface area contributed by atoms with Gasteiger partial charge in [-0.15, -0.1) is 0 Å². The largest absolute Gasteiger partial charge is 0.497 e. The lowest BCUT2D eigenvalue weighted by Gasteiger charge is -2.12. The molecule has 0 atom stereocenters. The number of amides is 1. The highest BCUT2D eigenvalue weighted by atomic mass is 16.5. The average Bonchev–Trinajstić information content (AvgIpc) is 2.98. The third-order valence-electron chi connectivity index (χ3n) is 2.85. The van der Waals surface area contributed by atoms with Gasteiger partial charge in [0.25, 0.3) is 5.91 Å². The molecule has 0 aliphatic heterocycles. The zero-order valence-corrected chi connectivity index (χ0v) is 11.3. The fourth-order valence-electron chi connectivity index (χ4n) is 1.75. The molecule has 0 saturated carbocycles. The van der Waals surface area contributed by atoms with E-state index in [0.717, 1.165) is 5.56 Å². The summed E-state index contributed by atoms with van der Waals surface area (Å²) in [5.41, 5.74) is 7.36. The molecule has 3 N–H and O–H groups in total. The Balaban J connectivity index is 2.20. The summed E-state index contributed by atoms with van der Waals surface area (Å²) in [6.07, 6.45) is 3.11. The molecule has 106 valence electrons. The molecule has 1 amide bonds. The molecule has 2 rings (SSSR count). The number of hydrogen-bond donors (Lipinski definition) is 2. The van der Waals surface area contributed by atoms with E-state index in [1.807, 2.05) is 0 Å². The fraction of sp³-hybridized carbons (Fsp3) is 0.214. The molecule has 0 spiro atoms. The van der Waals surface area contributed by atoms with Gasteiger partial charge in [-0.05, 0) is 12.1 Å². The van der Waals surface area contributed by atoms with Gasteiger partial charge in [-0.1, -0.05) is 0 Å². The minimum Gasteiger partial charge on any atom is -0.497 e. The quantitative estimate of drug-likeness (QED) is 0.813. The van der Waals surface area contributed by atoms with Crippen molar-refractivity contribution in [2.75, 3.05) is 20.0 Å². The Kier molecular flexibility index (Phi) is 4.14. The first-order valence-corrected chi connectivity index (χ1v) is 5.96. The predicted molar refractivity (Wildman–Crippen MR) is 73.8 cm³/mol. The number of carbonyl (C=O) groups excluding carboxylic acids is 1. The number of ether oxygens (including phenoxy) is 2. The van der Waals surface area contributed by atoms with Crippen LogP contribution in [0.1, 0.15) is 15.9 Å². The van der Waals surface area contributed by atoms with Crippen LogP contribution in [-0.4, -0.2) is 20.1 Å². The average molecular weight is 276 g/mol. The van der Waals surface area contributed by atoms with E-state index in [1.165, 1.54) is 14.2 Å². The van der Waals surface area contributed by atoms with Gasteiger partial charge in [-0.2, -0.15) is 0 Å². The molecule has 0 saturated heterocycles. The van der Waals surface area contributed by atoms with Gasteiger partial charge in [0.1, 0.15) is 11.5 Å². The summed E-state index contributed by atoms with van der Waals surface area (Å²) in [5, 5.41) is 2.75. The second-order valence-electron chi connectivity index (χ2n) is 4.11. The van der Waals surface area contributed by atoms with E-state index < -0.39 is 0 Å². The summed E-state index contributed by atoms with van der Waals surface area (Å²) >= 11 is 0. The monoisotopic (exact) mass is 276 g/mol. The molecule has 6 heteroatoms. The minimum absolute atomic E-state index is 0.276. The maximum atomic E-state index is 12.2. The molecule has 1 aromatic carbocycles. The first-order chi connectivity index (χ1) is 9.65. The molecular formula is C14H16N2O4. The Morgan fingerprint density at radius 1 is 1.35 bits per heavy atom. The van der Waals surface area contributed by atoms with Crippen LogP contribution >= 0.6 is 0 Å². The summed E-state index contributed by atoms with van der Waals surface area (Å²) in [7, 11) is 3.00. The summed E-state index contributed by atoms with van der Waals surface area (Å²) in [6.45, 7) is 0.355.